The minimum absolute atomic E-state index is 0.0420. The van der Waals surface area contributed by atoms with E-state index in [4.69, 9.17) is 0 Å². The number of carbonyl (C=O) groups is 2. The number of aromatic nitrogens is 2. The monoisotopic (exact) mass is 499 g/mol. The fraction of sp³-hybridized carbons (Fsp3) is 0.320. The van der Waals surface area contributed by atoms with E-state index in [1.165, 1.54) is 28.9 Å². The van der Waals surface area contributed by atoms with Gasteiger partial charge in [-0.15, -0.1) is 0 Å². The molecule has 35 heavy (non-hydrogen) atoms. The van der Waals surface area contributed by atoms with Gasteiger partial charge in [-0.05, 0) is 67.8 Å². The minimum atomic E-state index is -4.06. The number of hydrogen-bond acceptors (Lipinski definition) is 5. The second-order valence-corrected chi connectivity index (χ2v) is 11.1. The Morgan fingerprint density at radius 2 is 1.69 bits per heavy atom. The zero-order valence-corrected chi connectivity index (χ0v) is 20.2. The van der Waals surface area contributed by atoms with Crippen LogP contribution >= 0.6 is 0 Å². The molecule has 3 aromatic rings. The Morgan fingerprint density at radius 1 is 1.09 bits per heavy atom. The van der Waals surface area contributed by atoms with E-state index in [0.29, 0.717) is 35.4 Å². The van der Waals surface area contributed by atoms with Crippen LogP contribution in [0.15, 0.2) is 59.5 Å². The Morgan fingerprint density at radius 3 is 2.26 bits per heavy atom. The Labute approximate surface area is 202 Å². The summed E-state index contributed by atoms with van der Waals surface area (Å²) in [4.78, 5) is 24.7. The molecule has 10 heteroatoms. The third-order valence-corrected chi connectivity index (χ3v) is 9.11. The Kier molecular flexibility index (Phi) is 6.50. The second-order valence-electron chi connectivity index (χ2n) is 8.82. The standard InChI is InChI=1S/C25H26FN3O5S/c1-16(27-23(30)22-15-21(28-29(22)2)18-5-9-19(26)10-6-18)17-7-11-20(12-8-17)35(33,34)25(24(31)32)13-3-4-14-25/h5-12,15-16H,3-4,13-14H2,1-2H3,(H,27,30)(H,31,32)/t16-/m1/s1. The van der Waals surface area contributed by atoms with Gasteiger partial charge < -0.3 is 10.4 Å². The van der Waals surface area contributed by atoms with Crippen molar-refractivity contribution in [3.8, 4) is 11.3 Å². The van der Waals surface area contributed by atoms with Crippen molar-refractivity contribution in [3.63, 3.8) is 0 Å². The lowest BCUT2D eigenvalue weighted by Gasteiger charge is -2.24. The molecular formula is C25H26FN3O5S. The molecule has 0 unspecified atom stereocenters. The van der Waals surface area contributed by atoms with Crippen LogP contribution in [0.2, 0.25) is 0 Å². The number of rotatable bonds is 7. The van der Waals surface area contributed by atoms with E-state index >= 15 is 0 Å². The van der Waals surface area contributed by atoms with Gasteiger partial charge in [-0.3, -0.25) is 14.3 Å². The van der Waals surface area contributed by atoms with Crippen LogP contribution in [0.3, 0.4) is 0 Å². The molecule has 1 amide bonds. The van der Waals surface area contributed by atoms with Crippen LogP contribution < -0.4 is 5.32 Å². The first-order chi connectivity index (χ1) is 16.5. The van der Waals surface area contributed by atoms with Crippen molar-refractivity contribution >= 4 is 21.7 Å². The summed E-state index contributed by atoms with van der Waals surface area (Å²) in [6.45, 7) is 1.76. The first-order valence-electron chi connectivity index (χ1n) is 11.2. The van der Waals surface area contributed by atoms with Crippen LogP contribution in [0, 0.1) is 5.82 Å². The Hall–Kier alpha value is -3.53. The number of nitrogens with one attached hydrogen (secondary N) is 1. The molecule has 2 aromatic carbocycles. The zero-order chi connectivity index (χ0) is 25.4. The molecule has 0 saturated heterocycles. The Bertz CT molecular complexity index is 1360. The van der Waals surface area contributed by atoms with Gasteiger partial charge in [-0.1, -0.05) is 25.0 Å². The molecule has 0 bridgehead atoms. The van der Waals surface area contributed by atoms with E-state index in [0.717, 1.165) is 0 Å². The molecule has 1 saturated carbocycles. The number of carboxylic acid groups (broad SMARTS) is 1. The van der Waals surface area contributed by atoms with Gasteiger partial charge >= 0.3 is 5.97 Å². The normalized spacial score (nSPS) is 16.1. The van der Waals surface area contributed by atoms with Gasteiger partial charge in [-0.2, -0.15) is 5.10 Å². The largest absolute Gasteiger partial charge is 0.480 e. The van der Waals surface area contributed by atoms with Gasteiger partial charge in [0.2, 0.25) is 0 Å². The smallest absolute Gasteiger partial charge is 0.325 e. The number of carboxylic acids is 1. The predicted octanol–water partition coefficient (Wildman–Crippen LogP) is 3.89. The van der Waals surface area contributed by atoms with E-state index in [-0.39, 0.29) is 29.5 Å². The molecule has 1 aliphatic carbocycles. The summed E-state index contributed by atoms with van der Waals surface area (Å²) in [5, 5.41) is 16.9. The first-order valence-corrected chi connectivity index (χ1v) is 12.7. The number of sulfone groups is 1. The van der Waals surface area contributed by atoms with Crippen LogP contribution in [0.4, 0.5) is 4.39 Å². The van der Waals surface area contributed by atoms with Crippen molar-refractivity contribution in [2.45, 2.75) is 48.3 Å². The molecule has 1 atom stereocenters. The molecule has 2 N–H and O–H groups in total. The fourth-order valence-corrected chi connectivity index (χ4v) is 6.50. The van der Waals surface area contributed by atoms with Gasteiger partial charge in [0.05, 0.1) is 16.6 Å². The number of hydrogen-bond donors (Lipinski definition) is 2. The highest BCUT2D eigenvalue weighted by atomic mass is 32.2. The van der Waals surface area contributed by atoms with Crippen LogP contribution in [0.25, 0.3) is 11.3 Å². The maximum absolute atomic E-state index is 13.2. The molecule has 0 spiro atoms. The average Bonchev–Trinajstić information content (AvgIpc) is 3.48. The molecular weight excluding hydrogens is 473 g/mol. The topological polar surface area (TPSA) is 118 Å². The van der Waals surface area contributed by atoms with Crippen molar-refractivity contribution in [2.75, 3.05) is 0 Å². The first kappa shape index (κ1) is 24.6. The average molecular weight is 500 g/mol. The lowest BCUT2D eigenvalue weighted by molar-refractivity contribution is -0.139. The molecule has 1 aliphatic rings. The minimum Gasteiger partial charge on any atom is -0.480 e. The molecule has 8 nitrogen and oxygen atoms in total. The summed E-state index contributed by atoms with van der Waals surface area (Å²) in [6, 6.07) is 12.9. The third-order valence-electron chi connectivity index (χ3n) is 6.61. The lowest BCUT2D eigenvalue weighted by atomic mass is 10.1. The van der Waals surface area contributed by atoms with Crippen LogP contribution in [-0.2, 0) is 21.7 Å². The number of benzene rings is 2. The SMILES string of the molecule is C[C@@H](NC(=O)c1cc(-c2ccc(F)cc2)nn1C)c1ccc(S(=O)(=O)C2(C(=O)O)CCCC2)cc1. The number of amides is 1. The van der Waals surface area contributed by atoms with Gasteiger partial charge in [0, 0.05) is 12.6 Å². The van der Waals surface area contributed by atoms with E-state index in [2.05, 4.69) is 10.4 Å². The third kappa shape index (κ3) is 4.45. The number of aliphatic carboxylic acids is 1. The summed E-state index contributed by atoms with van der Waals surface area (Å²) >= 11 is 0. The van der Waals surface area contributed by atoms with Crippen LogP contribution in [0.5, 0.6) is 0 Å². The van der Waals surface area contributed by atoms with Crippen molar-refractivity contribution in [2.24, 2.45) is 7.05 Å². The number of nitrogens with zero attached hydrogens (tertiary/aromatic N) is 2. The summed E-state index contributed by atoms with van der Waals surface area (Å²) in [6.07, 6.45) is 1.32. The molecule has 1 heterocycles. The van der Waals surface area contributed by atoms with E-state index in [1.54, 1.807) is 44.3 Å². The zero-order valence-electron chi connectivity index (χ0n) is 19.4. The van der Waals surface area contributed by atoms with E-state index in [1.807, 2.05) is 0 Å². The van der Waals surface area contributed by atoms with Gasteiger partial charge in [0.15, 0.2) is 14.6 Å². The summed E-state index contributed by atoms with van der Waals surface area (Å²) in [7, 11) is -2.43. The van der Waals surface area contributed by atoms with Crippen molar-refractivity contribution < 1.29 is 27.5 Å². The molecule has 1 fully saturated rings. The van der Waals surface area contributed by atoms with Crippen LogP contribution in [0.1, 0.15) is 54.7 Å². The second kappa shape index (κ2) is 9.26. The molecule has 1 aromatic heterocycles. The van der Waals surface area contributed by atoms with E-state index < -0.39 is 26.6 Å². The highest BCUT2D eigenvalue weighted by Crippen LogP contribution is 2.41. The summed E-state index contributed by atoms with van der Waals surface area (Å²) in [5.74, 6) is -2.05. The number of halogens is 1. The molecule has 4 rings (SSSR count). The molecule has 184 valence electrons. The quantitative estimate of drug-likeness (QED) is 0.509. The van der Waals surface area contributed by atoms with Gasteiger partial charge in [0.1, 0.15) is 11.5 Å². The summed E-state index contributed by atoms with van der Waals surface area (Å²) in [5.41, 5.74) is 2.17. The van der Waals surface area contributed by atoms with Gasteiger partial charge in [0.25, 0.3) is 5.91 Å². The van der Waals surface area contributed by atoms with Crippen molar-refractivity contribution in [1.82, 2.24) is 15.1 Å². The lowest BCUT2D eigenvalue weighted by Crippen LogP contribution is -2.43. The fourth-order valence-electron chi connectivity index (χ4n) is 4.50. The number of carbonyl (C=O) groups excluding carboxylic acids is 1. The number of aryl methyl sites for hydroxylation is 1. The highest BCUT2D eigenvalue weighted by Gasteiger charge is 2.53. The van der Waals surface area contributed by atoms with Crippen molar-refractivity contribution in [3.05, 3.63) is 71.7 Å². The molecule has 0 aliphatic heterocycles. The van der Waals surface area contributed by atoms with Gasteiger partial charge in [-0.25, -0.2) is 12.8 Å². The summed E-state index contributed by atoms with van der Waals surface area (Å²) < 4.78 is 39.1. The van der Waals surface area contributed by atoms with Crippen LogP contribution in [-0.4, -0.2) is 39.9 Å². The Balaban J connectivity index is 1.50. The van der Waals surface area contributed by atoms with E-state index in [9.17, 15) is 27.5 Å². The highest BCUT2D eigenvalue weighted by molar-refractivity contribution is 7.93. The molecule has 0 radical (unpaired) electrons. The maximum Gasteiger partial charge on any atom is 0.325 e. The van der Waals surface area contributed by atoms with Crippen molar-refractivity contribution in [1.29, 1.82) is 0 Å². The predicted molar refractivity (Wildman–Crippen MR) is 127 cm³/mol. The maximum atomic E-state index is 13.2.